The van der Waals surface area contributed by atoms with Crippen LogP contribution in [-0.4, -0.2) is 68.7 Å². The van der Waals surface area contributed by atoms with Gasteiger partial charge in [-0.1, -0.05) is 0 Å². The van der Waals surface area contributed by atoms with Crippen molar-refractivity contribution in [1.82, 2.24) is 9.80 Å². The van der Waals surface area contributed by atoms with E-state index >= 15 is 0 Å². The summed E-state index contributed by atoms with van der Waals surface area (Å²) in [6.45, 7) is 2.98. The van der Waals surface area contributed by atoms with Crippen molar-refractivity contribution in [1.29, 1.82) is 0 Å². The zero-order chi connectivity index (χ0) is 12.0. The third kappa shape index (κ3) is 4.08. The molecule has 1 atom stereocenters. The number of likely N-dealkylation sites (tertiary alicyclic amines) is 1. The molecule has 5 heteroatoms. The lowest BCUT2D eigenvalue weighted by Crippen LogP contribution is -2.41. The Morgan fingerprint density at radius 3 is 2.94 bits per heavy atom. The number of likely N-dealkylation sites (N-methyl/N-ethyl adjacent to an activating group) is 2. The van der Waals surface area contributed by atoms with Gasteiger partial charge in [0.2, 0.25) is 5.91 Å². The average Bonchev–Trinajstić information content (AvgIpc) is 2.64. The molecule has 1 amide bonds. The summed E-state index contributed by atoms with van der Waals surface area (Å²) in [4.78, 5) is 15.7. The number of ether oxygens (including phenoxy) is 1. The van der Waals surface area contributed by atoms with Crippen LogP contribution in [0.4, 0.5) is 0 Å². The Balaban J connectivity index is 2.22. The van der Waals surface area contributed by atoms with Crippen molar-refractivity contribution in [2.24, 2.45) is 5.73 Å². The third-order valence-corrected chi connectivity index (χ3v) is 3.07. The van der Waals surface area contributed by atoms with Crippen LogP contribution in [0.25, 0.3) is 0 Å². The summed E-state index contributed by atoms with van der Waals surface area (Å²) in [5.41, 5.74) is 5.28. The van der Waals surface area contributed by atoms with E-state index in [4.69, 9.17) is 10.5 Å². The lowest BCUT2D eigenvalue weighted by atomic mass is 10.2. The van der Waals surface area contributed by atoms with Gasteiger partial charge in [-0.15, -0.1) is 0 Å². The van der Waals surface area contributed by atoms with Gasteiger partial charge in [-0.3, -0.25) is 4.79 Å². The van der Waals surface area contributed by atoms with Crippen molar-refractivity contribution in [2.75, 3.05) is 46.9 Å². The van der Waals surface area contributed by atoms with Crippen LogP contribution in [0.3, 0.4) is 0 Å². The lowest BCUT2D eigenvalue weighted by Gasteiger charge is -2.25. The quantitative estimate of drug-likeness (QED) is 0.625. The summed E-state index contributed by atoms with van der Waals surface area (Å²) in [6.07, 6.45) is 2.41. The minimum atomic E-state index is 0.0359. The monoisotopic (exact) mass is 229 g/mol. The van der Waals surface area contributed by atoms with E-state index in [1.165, 1.54) is 12.8 Å². The molecule has 94 valence electrons. The second kappa shape index (κ2) is 6.83. The summed E-state index contributed by atoms with van der Waals surface area (Å²) >= 11 is 0. The Morgan fingerprint density at radius 2 is 2.38 bits per heavy atom. The van der Waals surface area contributed by atoms with E-state index in [0.717, 1.165) is 13.1 Å². The van der Waals surface area contributed by atoms with E-state index < -0.39 is 0 Å². The molecule has 1 heterocycles. The fraction of sp³-hybridized carbons (Fsp3) is 0.909. The third-order valence-electron chi connectivity index (χ3n) is 3.07. The van der Waals surface area contributed by atoms with Crippen LogP contribution in [0.1, 0.15) is 12.8 Å². The molecule has 1 rings (SSSR count). The largest absolute Gasteiger partial charge is 0.370 e. The van der Waals surface area contributed by atoms with Crippen molar-refractivity contribution in [3.8, 4) is 0 Å². The number of carbonyl (C=O) groups excluding carboxylic acids is 1. The topological polar surface area (TPSA) is 58.8 Å². The number of rotatable bonds is 6. The maximum Gasteiger partial charge on any atom is 0.248 e. The van der Waals surface area contributed by atoms with Crippen molar-refractivity contribution in [3.63, 3.8) is 0 Å². The highest BCUT2D eigenvalue weighted by molar-refractivity contribution is 5.77. The molecule has 1 unspecified atom stereocenters. The van der Waals surface area contributed by atoms with E-state index in [0.29, 0.717) is 19.2 Å². The molecule has 0 spiro atoms. The van der Waals surface area contributed by atoms with Crippen LogP contribution < -0.4 is 5.73 Å². The standard InChI is InChI=1S/C11H23N3O2/c1-13-6-3-4-10(13)8-14(2)11(15)9-16-7-5-12/h10H,3-9,12H2,1-2H3. The highest BCUT2D eigenvalue weighted by Gasteiger charge is 2.23. The molecule has 0 aliphatic carbocycles. The second-order valence-corrected chi connectivity index (χ2v) is 4.39. The fourth-order valence-corrected chi connectivity index (χ4v) is 1.98. The number of carbonyl (C=O) groups is 1. The molecule has 0 aromatic heterocycles. The maximum atomic E-state index is 11.7. The van der Waals surface area contributed by atoms with Crippen molar-refractivity contribution < 1.29 is 9.53 Å². The van der Waals surface area contributed by atoms with E-state index in [1.54, 1.807) is 4.90 Å². The molecule has 2 N–H and O–H groups in total. The second-order valence-electron chi connectivity index (χ2n) is 4.39. The Bertz CT molecular complexity index is 223. The number of hydrogen-bond acceptors (Lipinski definition) is 4. The van der Waals surface area contributed by atoms with Gasteiger partial charge in [0.25, 0.3) is 0 Å². The molecule has 1 aliphatic heterocycles. The number of nitrogens with zero attached hydrogens (tertiary/aromatic N) is 2. The van der Waals surface area contributed by atoms with Crippen LogP contribution in [-0.2, 0) is 9.53 Å². The first-order chi connectivity index (χ1) is 7.65. The fourth-order valence-electron chi connectivity index (χ4n) is 1.98. The molecule has 5 nitrogen and oxygen atoms in total. The van der Waals surface area contributed by atoms with Gasteiger partial charge in [0, 0.05) is 26.2 Å². The summed E-state index contributed by atoms with van der Waals surface area (Å²) in [6, 6.07) is 0.503. The molecule has 16 heavy (non-hydrogen) atoms. The predicted octanol–water partition coefficient (Wildman–Crippen LogP) is -0.486. The van der Waals surface area contributed by atoms with E-state index in [9.17, 15) is 4.79 Å². The van der Waals surface area contributed by atoms with Gasteiger partial charge >= 0.3 is 0 Å². The van der Waals surface area contributed by atoms with Crippen LogP contribution in [0, 0.1) is 0 Å². The molecule has 1 saturated heterocycles. The van der Waals surface area contributed by atoms with Gasteiger partial charge in [-0.25, -0.2) is 0 Å². The first-order valence-electron chi connectivity index (χ1n) is 5.87. The minimum absolute atomic E-state index is 0.0359. The Hall–Kier alpha value is -0.650. The molecular weight excluding hydrogens is 206 g/mol. The van der Waals surface area contributed by atoms with Crippen molar-refractivity contribution >= 4 is 5.91 Å². The van der Waals surface area contributed by atoms with Gasteiger partial charge in [0.05, 0.1) is 6.61 Å². The van der Waals surface area contributed by atoms with Crippen molar-refractivity contribution in [3.05, 3.63) is 0 Å². The summed E-state index contributed by atoms with van der Waals surface area (Å²) < 4.78 is 5.13. The Morgan fingerprint density at radius 1 is 1.62 bits per heavy atom. The van der Waals surface area contributed by atoms with Gasteiger partial charge in [-0.05, 0) is 26.4 Å². The van der Waals surface area contributed by atoms with Gasteiger partial charge in [0.1, 0.15) is 6.61 Å². The minimum Gasteiger partial charge on any atom is -0.370 e. The summed E-state index contributed by atoms with van der Waals surface area (Å²) in [5, 5.41) is 0. The predicted molar refractivity (Wildman–Crippen MR) is 63.2 cm³/mol. The SMILES string of the molecule is CN(CC1CCCN1C)C(=O)COCCN. The zero-order valence-electron chi connectivity index (χ0n) is 10.3. The molecule has 0 aromatic carbocycles. The highest BCUT2D eigenvalue weighted by atomic mass is 16.5. The molecule has 1 aliphatic rings. The summed E-state index contributed by atoms with van der Waals surface area (Å²) in [5.74, 6) is 0.0359. The number of hydrogen-bond donors (Lipinski definition) is 1. The van der Waals surface area contributed by atoms with Crippen LogP contribution in [0.2, 0.25) is 0 Å². The number of amides is 1. The van der Waals surface area contributed by atoms with E-state index in [2.05, 4.69) is 11.9 Å². The first-order valence-corrected chi connectivity index (χ1v) is 5.87. The van der Waals surface area contributed by atoms with Gasteiger partial charge in [0.15, 0.2) is 0 Å². The van der Waals surface area contributed by atoms with E-state index in [1.807, 2.05) is 7.05 Å². The van der Waals surface area contributed by atoms with Crippen molar-refractivity contribution in [2.45, 2.75) is 18.9 Å². The maximum absolute atomic E-state index is 11.7. The smallest absolute Gasteiger partial charge is 0.248 e. The molecule has 0 saturated carbocycles. The lowest BCUT2D eigenvalue weighted by molar-refractivity contribution is -0.135. The van der Waals surface area contributed by atoms with E-state index in [-0.39, 0.29) is 12.5 Å². The average molecular weight is 229 g/mol. The first kappa shape index (κ1) is 13.4. The molecule has 0 aromatic rings. The zero-order valence-corrected chi connectivity index (χ0v) is 10.3. The Kier molecular flexibility index (Phi) is 5.73. The van der Waals surface area contributed by atoms with Crippen LogP contribution in [0.15, 0.2) is 0 Å². The van der Waals surface area contributed by atoms with Gasteiger partial charge in [-0.2, -0.15) is 0 Å². The summed E-state index contributed by atoms with van der Waals surface area (Å²) in [7, 11) is 3.95. The highest BCUT2D eigenvalue weighted by Crippen LogP contribution is 2.15. The van der Waals surface area contributed by atoms with Gasteiger partial charge < -0.3 is 20.3 Å². The molecule has 0 radical (unpaired) electrons. The number of nitrogens with two attached hydrogens (primary N) is 1. The Labute approximate surface area is 97.5 Å². The molecular formula is C11H23N3O2. The van der Waals surface area contributed by atoms with Crippen LogP contribution in [0.5, 0.6) is 0 Å². The molecule has 1 fully saturated rings. The normalized spacial score (nSPS) is 21.3. The molecule has 0 bridgehead atoms. The van der Waals surface area contributed by atoms with Crippen LogP contribution >= 0.6 is 0 Å².